The largest absolute Gasteiger partial charge is 0.271 e. The molecule has 0 aliphatic heterocycles. The highest BCUT2D eigenvalue weighted by molar-refractivity contribution is 7.12. The molecule has 2 aromatic rings. The topological polar surface area (TPSA) is 38.0 Å². The predicted molar refractivity (Wildman–Crippen MR) is 83.7 cm³/mol. The zero-order valence-electron chi connectivity index (χ0n) is 11.0. The summed E-state index contributed by atoms with van der Waals surface area (Å²) in [5.41, 5.74) is 4.57. The highest BCUT2D eigenvalue weighted by Gasteiger charge is 2.18. The average Bonchev–Trinajstić information content (AvgIpc) is 3.02. The molecule has 3 rings (SSSR count). The Balaban J connectivity index is 1.79. The quantitative estimate of drug-likeness (QED) is 0.511. The van der Waals surface area contributed by atoms with Crippen molar-refractivity contribution in [1.29, 1.82) is 0 Å². The first-order valence-corrected chi connectivity index (χ1v) is 8.66. The van der Waals surface area contributed by atoms with Crippen molar-refractivity contribution < 1.29 is 0 Å². The second-order valence-corrected chi connectivity index (χ2v) is 7.36. The zero-order valence-corrected chi connectivity index (χ0v) is 12.7. The SMILES string of the molecule is NNC(Cc1cccs1)c1cc2c(s1)CCCCC2. The van der Waals surface area contributed by atoms with E-state index in [2.05, 4.69) is 29.0 Å². The van der Waals surface area contributed by atoms with Crippen molar-refractivity contribution in [1.82, 2.24) is 5.43 Å². The summed E-state index contributed by atoms with van der Waals surface area (Å²) in [6.07, 6.45) is 7.57. The third-order valence-electron chi connectivity index (χ3n) is 3.80. The Morgan fingerprint density at radius 3 is 2.95 bits per heavy atom. The van der Waals surface area contributed by atoms with E-state index in [0.717, 1.165) is 6.42 Å². The van der Waals surface area contributed by atoms with E-state index in [9.17, 15) is 0 Å². The fourth-order valence-corrected chi connectivity index (χ4v) is 4.80. The van der Waals surface area contributed by atoms with E-state index in [1.165, 1.54) is 41.9 Å². The molecule has 1 atom stereocenters. The molecule has 1 aliphatic carbocycles. The maximum atomic E-state index is 5.77. The molecule has 3 N–H and O–H groups in total. The lowest BCUT2D eigenvalue weighted by Crippen LogP contribution is -2.28. The van der Waals surface area contributed by atoms with Crippen LogP contribution in [0.1, 0.15) is 45.5 Å². The van der Waals surface area contributed by atoms with Gasteiger partial charge in [-0.25, -0.2) is 0 Å². The molecule has 0 saturated carbocycles. The van der Waals surface area contributed by atoms with Gasteiger partial charge >= 0.3 is 0 Å². The number of rotatable bonds is 4. The molecule has 0 bridgehead atoms. The van der Waals surface area contributed by atoms with E-state index < -0.39 is 0 Å². The van der Waals surface area contributed by atoms with E-state index in [1.807, 2.05) is 22.7 Å². The summed E-state index contributed by atoms with van der Waals surface area (Å²) in [6.45, 7) is 0. The van der Waals surface area contributed by atoms with Gasteiger partial charge in [-0.3, -0.25) is 11.3 Å². The molecule has 0 aromatic carbocycles. The lowest BCUT2D eigenvalue weighted by Gasteiger charge is -2.13. The first-order valence-electron chi connectivity index (χ1n) is 6.97. The van der Waals surface area contributed by atoms with Gasteiger partial charge in [0.25, 0.3) is 0 Å². The molecule has 102 valence electrons. The van der Waals surface area contributed by atoms with Crippen molar-refractivity contribution in [2.24, 2.45) is 5.84 Å². The fraction of sp³-hybridized carbons (Fsp3) is 0.467. The minimum absolute atomic E-state index is 0.260. The Morgan fingerprint density at radius 1 is 1.26 bits per heavy atom. The van der Waals surface area contributed by atoms with E-state index in [4.69, 9.17) is 5.84 Å². The Hall–Kier alpha value is -0.680. The summed E-state index contributed by atoms with van der Waals surface area (Å²) in [5, 5.41) is 2.13. The number of thiophene rings is 2. The Labute approximate surface area is 122 Å². The highest BCUT2D eigenvalue weighted by Crippen LogP contribution is 2.33. The summed E-state index contributed by atoms with van der Waals surface area (Å²) in [6, 6.07) is 6.95. The van der Waals surface area contributed by atoms with Gasteiger partial charge in [0.05, 0.1) is 6.04 Å². The summed E-state index contributed by atoms with van der Waals surface area (Å²) in [7, 11) is 0. The van der Waals surface area contributed by atoms with E-state index in [0.29, 0.717) is 0 Å². The smallest absolute Gasteiger partial charge is 0.0601 e. The first-order chi connectivity index (χ1) is 9.36. The maximum Gasteiger partial charge on any atom is 0.0601 e. The van der Waals surface area contributed by atoms with Crippen LogP contribution in [0.3, 0.4) is 0 Å². The molecule has 2 nitrogen and oxygen atoms in total. The molecular formula is C15H20N2S2. The monoisotopic (exact) mass is 292 g/mol. The van der Waals surface area contributed by atoms with Crippen LogP contribution in [0.25, 0.3) is 0 Å². The summed E-state index contributed by atoms with van der Waals surface area (Å²) in [5.74, 6) is 5.77. The second kappa shape index (κ2) is 6.18. The highest BCUT2D eigenvalue weighted by atomic mass is 32.1. The molecule has 0 saturated heterocycles. The van der Waals surface area contributed by atoms with Gasteiger partial charge < -0.3 is 0 Å². The summed E-state index contributed by atoms with van der Waals surface area (Å²) >= 11 is 3.77. The van der Waals surface area contributed by atoms with Crippen molar-refractivity contribution in [3.63, 3.8) is 0 Å². The number of nitrogens with two attached hydrogens (primary N) is 1. The number of hydrogen-bond acceptors (Lipinski definition) is 4. The third-order valence-corrected chi connectivity index (χ3v) is 6.05. The summed E-state index contributed by atoms with van der Waals surface area (Å²) < 4.78 is 0. The molecule has 0 radical (unpaired) electrons. The van der Waals surface area contributed by atoms with Gasteiger partial charge in [0, 0.05) is 21.1 Å². The molecule has 4 heteroatoms. The zero-order chi connectivity index (χ0) is 13.1. The molecule has 0 spiro atoms. The second-order valence-electron chi connectivity index (χ2n) is 5.16. The van der Waals surface area contributed by atoms with Crippen molar-refractivity contribution in [3.05, 3.63) is 43.8 Å². The molecular weight excluding hydrogens is 272 g/mol. The van der Waals surface area contributed by atoms with Gasteiger partial charge in [0.15, 0.2) is 0 Å². The Morgan fingerprint density at radius 2 is 2.16 bits per heavy atom. The number of hydrazine groups is 1. The van der Waals surface area contributed by atoms with Crippen LogP contribution in [-0.2, 0) is 19.3 Å². The van der Waals surface area contributed by atoms with Gasteiger partial charge in [-0.2, -0.15) is 0 Å². The van der Waals surface area contributed by atoms with Crippen LogP contribution in [0, 0.1) is 0 Å². The van der Waals surface area contributed by atoms with E-state index in [1.54, 1.807) is 10.4 Å². The minimum atomic E-state index is 0.260. The maximum absolute atomic E-state index is 5.77. The van der Waals surface area contributed by atoms with Gasteiger partial charge in [0.1, 0.15) is 0 Å². The van der Waals surface area contributed by atoms with Crippen LogP contribution in [0.2, 0.25) is 0 Å². The van der Waals surface area contributed by atoms with Crippen molar-refractivity contribution >= 4 is 22.7 Å². The molecule has 0 amide bonds. The van der Waals surface area contributed by atoms with Crippen LogP contribution in [0.5, 0.6) is 0 Å². The average molecular weight is 292 g/mol. The van der Waals surface area contributed by atoms with E-state index >= 15 is 0 Å². The van der Waals surface area contributed by atoms with Gasteiger partial charge in [-0.05, 0) is 48.8 Å². The fourth-order valence-electron chi connectivity index (χ4n) is 2.73. The number of nitrogens with one attached hydrogen (secondary N) is 1. The molecule has 19 heavy (non-hydrogen) atoms. The lowest BCUT2D eigenvalue weighted by atomic mass is 10.1. The van der Waals surface area contributed by atoms with Crippen LogP contribution < -0.4 is 11.3 Å². The standard InChI is InChI=1S/C15H20N2S2/c16-17-13(10-12-6-4-8-18-12)15-9-11-5-2-1-3-7-14(11)19-15/h4,6,8-9,13,17H,1-3,5,7,10,16H2. The van der Waals surface area contributed by atoms with Gasteiger partial charge in [-0.1, -0.05) is 12.5 Å². The number of hydrogen-bond donors (Lipinski definition) is 2. The lowest BCUT2D eigenvalue weighted by molar-refractivity contribution is 0.564. The predicted octanol–water partition coefficient (Wildman–Crippen LogP) is 3.83. The molecule has 1 unspecified atom stereocenters. The van der Waals surface area contributed by atoms with Crippen molar-refractivity contribution in [2.45, 2.75) is 44.6 Å². The molecule has 0 fully saturated rings. The van der Waals surface area contributed by atoms with Crippen LogP contribution >= 0.6 is 22.7 Å². The van der Waals surface area contributed by atoms with Gasteiger partial charge in [-0.15, -0.1) is 22.7 Å². The number of aryl methyl sites for hydroxylation is 2. The Kier molecular flexibility index (Phi) is 4.33. The number of fused-ring (bicyclic) bond motifs is 1. The molecule has 1 aliphatic rings. The normalized spacial score (nSPS) is 16.9. The van der Waals surface area contributed by atoms with E-state index in [-0.39, 0.29) is 6.04 Å². The van der Waals surface area contributed by atoms with Crippen LogP contribution in [-0.4, -0.2) is 0 Å². The minimum Gasteiger partial charge on any atom is -0.271 e. The first kappa shape index (κ1) is 13.3. The van der Waals surface area contributed by atoms with Crippen LogP contribution in [0.4, 0.5) is 0 Å². The van der Waals surface area contributed by atoms with Crippen LogP contribution in [0.15, 0.2) is 23.6 Å². The Bertz CT molecular complexity index is 493. The molecule has 2 heterocycles. The van der Waals surface area contributed by atoms with Gasteiger partial charge in [0.2, 0.25) is 0 Å². The third kappa shape index (κ3) is 3.08. The molecule has 2 aromatic heterocycles. The van der Waals surface area contributed by atoms with Crippen molar-refractivity contribution in [3.8, 4) is 0 Å². The summed E-state index contributed by atoms with van der Waals surface area (Å²) in [4.78, 5) is 4.40. The van der Waals surface area contributed by atoms with Crippen molar-refractivity contribution in [2.75, 3.05) is 0 Å².